The molecule has 0 aromatic carbocycles. The fourth-order valence-corrected chi connectivity index (χ4v) is 0.670. The van der Waals surface area contributed by atoms with Crippen LogP contribution in [0.5, 0.6) is 0 Å². The van der Waals surface area contributed by atoms with Gasteiger partial charge in [0.05, 0.1) is 0 Å². The second-order valence-corrected chi connectivity index (χ2v) is 2.49. The topological polar surface area (TPSA) is 34.1 Å². The Kier molecular flexibility index (Phi) is 4.93. The maximum absolute atomic E-state index is 11.2. The standard InChI is InChI=1S/C10H13O2/c1-4-8(3)10(12)6-9(5-2)7-11/h4-5H,6H2,1-3H3/b8-4+,9-5-. The molecule has 12 heavy (non-hydrogen) atoms. The lowest BCUT2D eigenvalue weighted by Gasteiger charge is -1.97. The number of rotatable bonds is 4. The summed E-state index contributed by atoms with van der Waals surface area (Å²) in [6, 6.07) is 0. The van der Waals surface area contributed by atoms with E-state index in [9.17, 15) is 9.59 Å². The molecule has 2 heteroatoms. The fourth-order valence-electron chi connectivity index (χ4n) is 0.670. The second-order valence-electron chi connectivity index (χ2n) is 2.49. The van der Waals surface area contributed by atoms with E-state index >= 15 is 0 Å². The Balaban J connectivity index is 4.28. The SMILES string of the molecule is C/C=C(\[C]=O)CC(=O)/C(C)=C/C. The first-order chi connectivity index (χ1) is 5.65. The van der Waals surface area contributed by atoms with Crippen LogP contribution in [0.2, 0.25) is 0 Å². The van der Waals surface area contributed by atoms with Crippen LogP contribution in [0.15, 0.2) is 23.3 Å². The summed E-state index contributed by atoms with van der Waals surface area (Å²) >= 11 is 0. The van der Waals surface area contributed by atoms with Crippen LogP contribution in [-0.4, -0.2) is 12.1 Å². The molecule has 0 aliphatic rings. The van der Waals surface area contributed by atoms with Crippen LogP contribution in [0.3, 0.4) is 0 Å². The molecule has 0 N–H and O–H groups in total. The molecule has 0 atom stereocenters. The van der Waals surface area contributed by atoms with Crippen LogP contribution >= 0.6 is 0 Å². The molecule has 0 bridgehead atoms. The largest absolute Gasteiger partial charge is 0.294 e. The third kappa shape index (κ3) is 3.28. The molecule has 65 valence electrons. The van der Waals surface area contributed by atoms with Crippen molar-refractivity contribution in [2.45, 2.75) is 27.2 Å². The van der Waals surface area contributed by atoms with Crippen LogP contribution in [0.4, 0.5) is 0 Å². The van der Waals surface area contributed by atoms with Gasteiger partial charge in [-0.05, 0) is 26.3 Å². The van der Waals surface area contributed by atoms with Crippen molar-refractivity contribution in [3.05, 3.63) is 23.3 Å². The molecule has 0 saturated carbocycles. The average molecular weight is 165 g/mol. The third-order valence-corrected chi connectivity index (χ3v) is 1.70. The molecule has 0 rings (SSSR count). The van der Waals surface area contributed by atoms with Crippen molar-refractivity contribution in [3.63, 3.8) is 0 Å². The Bertz CT molecular complexity index is 234. The van der Waals surface area contributed by atoms with Crippen molar-refractivity contribution in [2.75, 3.05) is 0 Å². The Morgan fingerprint density at radius 3 is 2.25 bits per heavy atom. The van der Waals surface area contributed by atoms with Crippen LogP contribution < -0.4 is 0 Å². The van der Waals surface area contributed by atoms with E-state index in [4.69, 9.17) is 0 Å². The summed E-state index contributed by atoms with van der Waals surface area (Å²) in [6.45, 7) is 5.26. The molecule has 0 spiro atoms. The van der Waals surface area contributed by atoms with Crippen LogP contribution in [0.1, 0.15) is 27.2 Å². The van der Waals surface area contributed by atoms with Gasteiger partial charge in [-0.3, -0.25) is 9.59 Å². The van der Waals surface area contributed by atoms with Gasteiger partial charge in [0.2, 0.25) is 6.29 Å². The summed E-state index contributed by atoms with van der Waals surface area (Å²) in [5.41, 5.74) is 1.10. The molecule has 0 aliphatic heterocycles. The fraction of sp³-hybridized carbons (Fsp3) is 0.400. The average Bonchev–Trinajstić information content (AvgIpc) is 2.12. The molecule has 2 nitrogen and oxygen atoms in total. The molecule has 0 aromatic rings. The van der Waals surface area contributed by atoms with Gasteiger partial charge >= 0.3 is 0 Å². The minimum atomic E-state index is -0.0195. The molecule has 0 aromatic heterocycles. The summed E-state index contributed by atoms with van der Waals surface area (Å²) in [5.74, 6) is -0.0195. The van der Waals surface area contributed by atoms with E-state index in [2.05, 4.69) is 0 Å². The maximum Gasteiger partial charge on any atom is 0.229 e. The van der Waals surface area contributed by atoms with Crippen molar-refractivity contribution >= 4 is 12.1 Å². The number of carbonyl (C=O) groups excluding carboxylic acids is 2. The van der Waals surface area contributed by atoms with Gasteiger partial charge in [-0.2, -0.15) is 0 Å². The van der Waals surface area contributed by atoms with E-state index < -0.39 is 0 Å². The molecule has 0 aliphatic carbocycles. The molecule has 0 saturated heterocycles. The van der Waals surface area contributed by atoms with Gasteiger partial charge in [0.15, 0.2) is 5.78 Å². The zero-order valence-electron chi connectivity index (χ0n) is 7.68. The molecule has 0 amide bonds. The highest BCUT2D eigenvalue weighted by Gasteiger charge is 2.06. The lowest BCUT2D eigenvalue weighted by molar-refractivity contribution is -0.114. The van der Waals surface area contributed by atoms with Crippen molar-refractivity contribution in [3.8, 4) is 0 Å². The molecule has 0 heterocycles. The quantitative estimate of drug-likeness (QED) is 0.597. The minimum absolute atomic E-state index is 0.0195. The first kappa shape index (κ1) is 10.8. The Labute approximate surface area is 73.0 Å². The van der Waals surface area contributed by atoms with Crippen molar-refractivity contribution in [1.29, 1.82) is 0 Å². The lowest BCUT2D eigenvalue weighted by atomic mass is 10.1. The first-order valence-electron chi connectivity index (χ1n) is 3.85. The molecule has 0 fully saturated rings. The number of hydrogen-bond donors (Lipinski definition) is 0. The molecule has 1 radical (unpaired) electrons. The van der Waals surface area contributed by atoms with E-state index in [1.165, 1.54) is 0 Å². The highest BCUT2D eigenvalue weighted by atomic mass is 16.1. The van der Waals surface area contributed by atoms with Crippen molar-refractivity contribution in [1.82, 2.24) is 0 Å². The van der Waals surface area contributed by atoms with Gasteiger partial charge in [0.1, 0.15) is 0 Å². The van der Waals surface area contributed by atoms with Gasteiger partial charge in [-0.15, -0.1) is 0 Å². The van der Waals surface area contributed by atoms with E-state index in [0.29, 0.717) is 11.1 Å². The van der Waals surface area contributed by atoms with Crippen LogP contribution in [-0.2, 0) is 9.59 Å². The van der Waals surface area contributed by atoms with Gasteiger partial charge in [0, 0.05) is 12.0 Å². The van der Waals surface area contributed by atoms with Gasteiger partial charge in [0.25, 0.3) is 0 Å². The molecule has 0 unspecified atom stereocenters. The summed E-state index contributed by atoms with van der Waals surface area (Å²) in [6.07, 6.45) is 5.23. The summed E-state index contributed by atoms with van der Waals surface area (Å²) < 4.78 is 0. The van der Waals surface area contributed by atoms with Gasteiger partial charge in [-0.1, -0.05) is 12.2 Å². The maximum atomic E-state index is 11.2. The van der Waals surface area contributed by atoms with Crippen molar-refractivity contribution in [2.24, 2.45) is 0 Å². The molecular formula is C10H13O2. The summed E-state index contributed by atoms with van der Waals surface area (Å²) in [4.78, 5) is 21.4. The monoisotopic (exact) mass is 165 g/mol. The van der Waals surface area contributed by atoms with Gasteiger partial charge in [-0.25, -0.2) is 0 Å². The zero-order valence-corrected chi connectivity index (χ0v) is 7.68. The summed E-state index contributed by atoms with van der Waals surface area (Å²) in [5, 5.41) is 0. The zero-order chi connectivity index (χ0) is 9.56. The third-order valence-electron chi connectivity index (χ3n) is 1.70. The number of allylic oxidation sites excluding steroid dienone is 4. The highest BCUT2D eigenvalue weighted by molar-refractivity contribution is 5.99. The predicted octanol–water partition coefficient (Wildman–Crippen LogP) is 1.97. The summed E-state index contributed by atoms with van der Waals surface area (Å²) in [7, 11) is 0. The van der Waals surface area contributed by atoms with Crippen LogP contribution in [0.25, 0.3) is 0 Å². The van der Waals surface area contributed by atoms with Gasteiger partial charge < -0.3 is 0 Å². The van der Waals surface area contributed by atoms with E-state index in [-0.39, 0.29) is 12.2 Å². The van der Waals surface area contributed by atoms with E-state index in [1.54, 1.807) is 39.2 Å². The Morgan fingerprint density at radius 2 is 1.92 bits per heavy atom. The highest BCUT2D eigenvalue weighted by Crippen LogP contribution is 2.05. The second kappa shape index (κ2) is 5.47. The Hall–Kier alpha value is -1.18. The van der Waals surface area contributed by atoms with Crippen molar-refractivity contribution < 1.29 is 9.59 Å². The number of carbonyl (C=O) groups is 1. The Morgan fingerprint density at radius 1 is 1.33 bits per heavy atom. The first-order valence-corrected chi connectivity index (χ1v) is 3.85. The number of Topliss-reactive ketones (excluding diaryl/α,β-unsaturated/α-hetero) is 1. The number of ketones is 1. The normalized spacial score (nSPS) is 12.9. The lowest BCUT2D eigenvalue weighted by Crippen LogP contribution is -2.01. The smallest absolute Gasteiger partial charge is 0.229 e. The molecular weight excluding hydrogens is 152 g/mol. The minimum Gasteiger partial charge on any atom is -0.294 e. The van der Waals surface area contributed by atoms with E-state index in [1.807, 2.05) is 0 Å². The predicted molar refractivity (Wildman–Crippen MR) is 48.5 cm³/mol. The number of hydrogen-bond acceptors (Lipinski definition) is 2. The van der Waals surface area contributed by atoms with E-state index in [0.717, 1.165) is 0 Å². The van der Waals surface area contributed by atoms with Crippen LogP contribution in [0, 0.1) is 0 Å².